The lowest BCUT2D eigenvalue weighted by Gasteiger charge is -2.36. The molecule has 128 valence electrons. The highest BCUT2D eigenvalue weighted by Gasteiger charge is 2.18. The van der Waals surface area contributed by atoms with E-state index >= 15 is 0 Å². The second-order valence-electron chi connectivity index (χ2n) is 6.03. The Balaban J connectivity index is 1.66. The monoisotopic (exact) mass is 335 g/mol. The molecular weight excluding hydrogens is 306 g/mol. The minimum atomic E-state index is 0.785. The summed E-state index contributed by atoms with van der Waals surface area (Å²) in [5.41, 5.74) is 2.73. The van der Waals surface area contributed by atoms with E-state index in [4.69, 9.17) is 17.0 Å². The Morgan fingerprint density at radius 3 is 2.74 bits per heavy atom. The summed E-state index contributed by atoms with van der Waals surface area (Å²) in [5, 5.41) is 4.23. The second-order valence-corrected chi connectivity index (χ2v) is 6.42. The average Bonchev–Trinajstić information content (AvgIpc) is 2.55. The molecule has 0 bridgehead atoms. The number of piperazine rings is 1. The Hall–Kier alpha value is -1.17. The van der Waals surface area contributed by atoms with Crippen LogP contribution in [-0.4, -0.2) is 60.8 Å². The summed E-state index contributed by atoms with van der Waals surface area (Å²) in [6, 6.07) is 8.78. The molecule has 0 aromatic heterocycles. The van der Waals surface area contributed by atoms with Crippen LogP contribution in [0.4, 0.5) is 0 Å². The van der Waals surface area contributed by atoms with Crippen LogP contribution in [0.5, 0.6) is 0 Å². The van der Waals surface area contributed by atoms with Crippen molar-refractivity contribution in [3.05, 3.63) is 35.4 Å². The largest absolute Gasteiger partial charge is 0.382 e. The maximum Gasteiger partial charge on any atom is 0.169 e. The Morgan fingerprint density at radius 1 is 1.26 bits per heavy atom. The molecule has 0 amide bonds. The zero-order valence-electron chi connectivity index (χ0n) is 14.4. The van der Waals surface area contributed by atoms with Crippen molar-refractivity contribution in [1.29, 1.82) is 0 Å². The van der Waals surface area contributed by atoms with Crippen LogP contribution in [0.15, 0.2) is 24.3 Å². The number of thiocarbonyl (C=S) groups is 1. The zero-order valence-corrected chi connectivity index (χ0v) is 15.2. The summed E-state index contributed by atoms with van der Waals surface area (Å²) < 4.78 is 5.34. The Labute approximate surface area is 145 Å². The molecule has 1 aromatic rings. The Bertz CT molecular complexity index is 487. The number of benzene rings is 1. The predicted molar refractivity (Wildman–Crippen MR) is 99.7 cm³/mol. The molecule has 1 N–H and O–H groups in total. The number of nitrogens with zero attached hydrogens (tertiary/aromatic N) is 2. The summed E-state index contributed by atoms with van der Waals surface area (Å²) in [7, 11) is 0. The summed E-state index contributed by atoms with van der Waals surface area (Å²) in [4.78, 5) is 4.78. The van der Waals surface area contributed by atoms with Gasteiger partial charge in [-0.15, -0.1) is 0 Å². The first-order valence-corrected chi connectivity index (χ1v) is 8.98. The molecule has 1 aliphatic rings. The van der Waals surface area contributed by atoms with E-state index in [-0.39, 0.29) is 0 Å². The molecule has 5 heteroatoms. The third-order valence-corrected chi connectivity index (χ3v) is 4.50. The van der Waals surface area contributed by atoms with Crippen molar-refractivity contribution in [2.75, 3.05) is 45.9 Å². The summed E-state index contributed by atoms with van der Waals surface area (Å²) in [6.45, 7) is 11.8. The molecule has 4 nitrogen and oxygen atoms in total. The van der Waals surface area contributed by atoms with Gasteiger partial charge in [0, 0.05) is 52.5 Å². The van der Waals surface area contributed by atoms with Crippen molar-refractivity contribution in [3.63, 3.8) is 0 Å². The van der Waals surface area contributed by atoms with Gasteiger partial charge < -0.3 is 15.0 Å². The quantitative estimate of drug-likeness (QED) is 0.610. The predicted octanol–water partition coefficient (Wildman–Crippen LogP) is 2.41. The fourth-order valence-corrected chi connectivity index (χ4v) is 3.09. The lowest BCUT2D eigenvalue weighted by atomic mass is 10.1. The fraction of sp³-hybridized carbons (Fsp3) is 0.611. The first-order chi connectivity index (χ1) is 11.2. The fourth-order valence-electron chi connectivity index (χ4n) is 2.80. The first kappa shape index (κ1) is 18.2. The second kappa shape index (κ2) is 9.85. The van der Waals surface area contributed by atoms with Gasteiger partial charge in [-0.05, 0) is 38.0 Å². The van der Waals surface area contributed by atoms with E-state index < -0.39 is 0 Å². The van der Waals surface area contributed by atoms with Crippen LogP contribution in [0, 0.1) is 6.92 Å². The van der Waals surface area contributed by atoms with Gasteiger partial charge in [0.15, 0.2) is 5.11 Å². The van der Waals surface area contributed by atoms with Crippen molar-refractivity contribution >= 4 is 17.3 Å². The molecule has 0 unspecified atom stereocenters. The smallest absolute Gasteiger partial charge is 0.169 e. The summed E-state index contributed by atoms with van der Waals surface area (Å²) >= 11 is 5.49. The van der Waals surface area contributed by atoms with Gasteiger partial charge >= 0.3 is 0 Å². The van der Waals surface area contributed by atoms with Crippen molar-refractivity contribution < 1.29 is 4.74 Å². The maximum absolute atomic E-state index is 5.49. The van der Waals surface area contributed by atoms with Crippen molar-refractivity contribution in [1.82, 2.24) is 15.1 Å². The van der Waals surface area contributed by atoms with Gasteiger partial charge in [-0.1, -0.05) is 29.8 Å². The molecule has 0 atom stereocenters. The van der Waals surface area contributed by atoms with Crippen LogP contribution in [0.1, 0.15) is 24.5 Å². The van der Waals surface area contributed by atoms with Crippen molar-refractivity contribution in [2.45, 2.75) is 26.8 Å². The van der Waals surface area contributed by atoms with E-state index in [0.29, 0.717) is 0 Å². The molecule has 1 aliphatic heterocycles. The van der Waals surface area contributed by atoms with Gasteiger partial charge in [-0.3, -0.25) is 4.90 Å². The minimum Gasteiger partial charge on any atom is -0.382 e. The molecule has 0 aliphatic carbocycles. The summed E-state index contributed by atoms with van der Waals surface area (Å²) in [5.74, 6) is 0. The van der Waals surface area contributed by atoms with E-state index in [9.17, 15) is 0 Å². The van der Waals surface area contributed by atoms with Gasteiger partial charge in [0.25, 0.3) is 0 Å². The third kappa shape index (κ3) is 6.45. The van der Waals surface area contributed by atoms with Crippen molar-refractivity contribution in [3.8, 4) is 0 Å². The van der Waals surface area contributed by atoms with Crippen LogP contribution < -0.4 is 5.32 Å². The zero-order chi connectivity index (χ0) is 16.5. The molecule has 0 spiro atoms. The van der Waals surface area contributed by atoms with Gasteiger partial charge in [0.05, 0.1) is 0 Å². The van der Waals surface area contributed by atoms with Crippen LogP contribution in [0.3, 0.4) is 0 Å². The minimum absolute atomic E-state index is 0.785. The van der Waals surface area contributed by atoms with E-state index in [0.717, 1.165) is 64.0 Å². The van der Waals surface area contributed by atoms with Gasteiger partial charge in [-0.2, -0.15) is 0 Å². The highest BCUT2D eigenvalue weighted by molar-refractivity contribution is 7.80. The van der Waals surface area contributed by atoms with Crippen LogP contribution >= 0.6 is 12.2 Å². The molecule has 1 fully saturated rings. The number of ether oxygens (including phenoxy) is 1. The summed E-state index contributed by atoms with van der Waals surface area (Å²) in [6.07, 6.45) is 1.00. The van der Waals surface area contributed by atoms with Gasteiger partial charge in [0.2, 0.25) is 0 Å². The van der Waals surface area contributed by atoms with Gasteiger partial charge in [0.1, 0.15) is 0 Å². The number of nitrogens with one attached hydrogen (secondary N) is 1. The Kier molecular flexibility index (Phi) is 7.79. The standard InChI is InChI=1S/C18H29N3OS/c1-3-22-13-5-8-19-18(23)21-11-9-20(10-12-21)15-17-7-4-6-16(2)14-17/h4,6-7,14H,3,5,8-13,15H2,1-2H3,(H,19,23). The molecular formula is C18H29N3OS. The van der Waals surface area contributed by atoms with E-state index in [1.807, 2.05) is 6.92 Å². The first-order valence-electron chi connectivity index (χ1n) is 8.57. The van der Waals surface area contributed by atoms with Crippen LogP contribution in [0.2, 0.25) is 0 Å². The lowest BCUT2D eigenvalue weighted by Crippen LogP contribution is -2.51. The highest BCUT2D eigenvalue weighted by atomic mass is 32.1. The number of hydrogen-bond acceptors (Lipinski definition) is 3. The maximum atomic E-state index is 5.49. The Morgan fingerprint density at radius 2 is 2.04 bits per heavy atom. The molecule has 23 heavy (non-hydrogen) atoms. The molecule has 1 heterocycles. The van der Waals surface area contributed by atoms with Crippen LogP contribution in [0.25, 0.3) is 0 Å². The van der Waals surface area contributed by atoms with Gasteiger partial charge in [-0.25, -0.2) is 0 Å². The average molecular weight is 336 g/mol. The number of aryl methyl sites for hydroxylation is 1. The normalized spacial score (nSPS) is 15.7. The lowest BCUT2D eigenvalue weighted by molar-refractivity contribution is 0.145. The number of rotatable bonds is 7. The number of hydrogen-bond donors (Lipinski definition) is 1. The van der Waals surface area contributed by atoms with E-state index in [2.05, 4.69) is 46.3 Å². The molecule has 0 saturated carbocycles. The molecule has 1 saturated heterocycles. The van der Waals surface area contributed by atoms with E-state index in [1.165, 1.54) is 11.1 Å². The van der Waals surface area contributed by atoms with E-state index in [1.54, 1.807) is 0 Å². The molecule has 0 radical (unpaired) electrons. The molecule has 2 rings (SSSR count). The van der Waals surface area contributed by atoms with Crippen LogP contribution in [-0.2, 0) is 11.3 Å². The molecule has 1 aromatic carbocycles. The SMILES string of the molecule is CCOCCCNC(=S)N1CCN(Cc2cccc(C)c2)CC1. The highest BCUT2D eigenvalue weighted by Crippen LogP contribution is 2.10. The third-order valence-electron chi connectivity index (χ3n) is 4.09. The topological polar surface area (TPSA) is 27.7 Å². The van der Waals surface area contributed by atoms with Crippen molar-refractivity contribution in [2.24, 2.45) is 0 Å².